The monoisotopic (exact) mass is 289 g/mol. The Hall–Kier alpha value is -2.25. The van der Waals surface area contributed by atoms with E-state index in [0.29, 0.717) is 5.56 Å². The molecule has 110 valence electrons. The summed E-state index contributed by atoms with van der Waals surface area (Å²) in [6, 6.07) is 8.56. The first-order chi connectivity index (χ1) is 9.33. The van der Waals surface area contributed by atoms with Crippen molar-refractivity contribution in [2.24, 2.45) is 16.8 Å². The van der Waals surface area contributed by atoms with Crippen molar-refractivity contribution >= 4 is 11.7 Å². The summed E-state index contributed by atoms with van der Waals surface area (Å²) in [5.74, 6) is -2.54. The molecule has 0 saturated carbocycles. The summed E-state index contributed by atoms with van der Waals surface area (Å²) in [5.41, 5.74) is 6.05. The van der Waals surface area contributed by atoms with Crippen LogP contribution in [0.15, 0.2) is 35.5 Å². The number of amidine groups is 1. The van der Waals surface area contributed by atoms with Crippen LogP contribution in [0.4, 0.5) is 13.2 Å². The maximum Gasteiger partial charge on any atom is 0.405 e. The van der Waals surface area contributed by atoms with E-state index in [1.807, 2.05) is 0 Å². The van der Waals surface area contributed by atoms with Gasteiger partial charge < -0.3 is 16.3 Å². The Morgan fingerprint density at radius 1 is 1.35 bits per heavy atom. The number of benzene rings is 1. The van der Waals surface area contributed by atoms with E-state index in [1.54, 1.807) is 35.6 Å². The summed E-state index contributed by atoms with van der Waals surface area (Å²) in [5, 5.41) is 13.0. The van der Waals surface area contributed by atoms with Gasteiger partial charge in [0.1, 0.15) is 12.5 Å². The summed E-state index contributed by atoms with van der Waals surface area (Å²) >= 11 is 0. The van der Waals surface area contributed by atoms with Gasteiger partial charge in [0.25, 0.3) is 0 Å². The number of carbonyl (C=O) groups is 1. The van der Waals surface area contributed by atoms with E-state index in [1.165, 1.54) is 0 Å². The van der Waals surface area contributed by atoms with Gasteiger partial charge in [0.15, 0.2) is 5.84 Å². The Morgan fingerprint density at radius 2 is 1.95 bits per heavy atom. The smallest absolute Gasteiger partial charge is 0.405 e. The van der Waals surface area contributed by atoms with Crippen LogP contribution in [0.2, 0.25) is 0 Å². The van der Waals surface area contributed by atoms with Crippen LogP contribution in [0.5, 0.6) is 0 Å². The minimum atomic E-state index is -4.52. The molecule has 1 aromatic carbocycles. The Bertz CT molecular complexity index is 475. The van der Waals surface area contributed by atoms with E-state index in [2.05, 4.69) is 5.16 Å². The van der Waals surface area contributed by atoms with E-state index in [4.69, 9.17) is 10.9 Å². The molecule has 1 rings (SSSR count). The number of rotatable bonds is 5. The highest BCUT2D eigenvalue weighted by molar-refractivity contribution is 6.02. The number of nitrogens with one attached hydrogen (secondary N) is 1. The van der Waals surface area contributed by atoms with Crippen LogP contribution < -0.4 is 11.1 Å². The van der Waals surface area contributed by atoms with Crippen molar-refractivity contribution in [3.63, 3.8) is 0 Å². The molecule has 5 nitrogen and oxygen atoms in total. The lowest BCUT2D eigenvalue weighted by Crippen LogP contribution is -2.43. The molecular formula is C12H14F3N3O2. The van der Waals surface area contributed by atoms with Crippen LogP contribution >= 0.6 is 0 Å². The van der Waals surface area contributed by atoms with Gasteiger partial charge in [-0.1, -0.05) is 35.5 Å². The summed E-state index contributed by atoms with van der Waals surface area (Å²) in [7, 11) is 0. The zero-order chi connectivity index (χ0) is 15.2. The maximum absolute atomic E-state index is 12.1. The molecule has 0 saturated heterocycles. The van der Waals surface area contributed by atoms with E-state index in [-0.39, 0.29) is 6.42 Å². The Labute approximate surface area is 113 Å². The van der Waals surface area contributed by atoms with Crippen molar-refractivity contribution in [2.45, 2.75) is 12.6 Å². The van der Waals surface area contributed by atoms with Gasteiger partial charge in [-0.05, 0) is 12.0 Å². The lowest BCUT2D eigenvalue weighted by Gasteiger charge is -2.16. The number of nitrogens with zero attached hydrogens (tertiary/aromatic N) is 1. The van der Waals surface area contributed by atoms with Crippen molar-refractivity contribution in [1.29, 1.82) is 0 Å². The normalized spacial score (nSPS) is 13.8. The second-order valence-electron chi connectivity index (χ2n) is 4.10. The molecule has 0 aliphatic heterocycles. The number of hydrogen-bond acceptors (Lipinski definition) is 3. The Balaban J connectivity index is 2.77. The number of amides is 1. The molecule has 0 radical (unpaired) electrons. The molecular weight excluding hydrogens is 275 g/mol. The Morgan fingerprint density at radius 3 is 2.45 bits per heavy atom. The number of carbonyl (C=O) groups excluding carboxylic acids is 1. The van der Waals surface area contributed by atoms with E-state index >= 15 is 0 Å². The van der Waals surface area contributed by atoms with Crippen molar-refractivity contribution < 1.29 is 23.2 Å². The lowest BCUT2D eigenvalue weighted by atomic mass is 9.97. The third-order valence-electron chi connectivity index (χ3n) is 2.53. The first-order valence-corrected chi connectivity index (χ1v) is 5.69. The third kappa shape index (κ3) is 5.17. The van der Waals surface area contributed by atoms with Gasteiger partial charge in [-0.3, -0.25) is 4.79 Å². The molecule has 0 aliphatic carbocycles. The van der Waals surface area contributed by atoms with Gasteiger partial charge >= 0.3 is 6.18 Å². The van der Waals surface area contributed by atoms with Crippen molar-refractivity contribution in [3.05, 3.63) is 35.9 Å². The van der Waals surface area contributed by atoms with Crippen LogP contribution in [0.1, 0.15) is 5.56 Å². The van der Waals surface area contributed by atoms with Crippen molar-refractivity contribution in [3.8, 4) is 0 Å². The van der Waals surface area contributed by atoms with Crippen LogP contribution in [0.25, 0.3) is 0 Å². The molecule has 4 N–H and O–H groups in total. The van der Waals surface area contributed by atoms with Gasteiger partial charge in [-0.2, -0.15) is 13.2 Å². The zero-order valence-electron chi connectivity index (χ0n) is 10.4. The molecule has 0 aliphatic rings. The molecule has 0 spiro atoms. The van der Waals surface area contributed by atoms with E-state index in [0.717, 1.165) is 0 Å². The molecule has 8 heteroatoms. The first kappa shape index (κ1) is 15.8. The summed E-state index contributed by atoms with van der Waals surface area (Å²) in [6.07, 6.45) is -4.47. The van der Waals surface area contributed by atoms with Crippen LogP contribution in [0.3, 0.4) is 0 Å². The number of alkyl halides is 3. The molecule has 1 unspecified atom stereocenters. The van der Waals surface area contributed by atoms with E-state index in [9.17, 15) is 18.0 Å². The number of halogens is 3. The predicted molar refractivity (Wildman–Crippen MR) is 66.1 cm³/mol. The van der Waals surface area contributed by atoms with Crippen molar-refractivity contribution in [1.82, 2.24) is 5.32 Å². The summed E-state index contributed by atoms with van der Waals surface area (Å²) in [6.45, 7) is -1.46. The van der Waals surface area contributed by atoms with Gasteiger partial charge in [0.05, 0.1) is 0 Å². The largest absolute Gasteiger partial charge is 0.409 e. The predicted octanol–water partition coefficient (Wildman–Crippen LogP) is 1.27. The van der Waals surface area contributed by atoms with Crippen LogP contribution in [-0.2, 0) is 11.2 Å². The highest BCUT2D eigenvalue weighted by Crippen LogP contribution is 2.14. The van der Waals surface area contributed by atoms with Gasteiger partial charge in [0.2, 0.25) is 5.91 Å². The molecule has 1 aromatic rings. The topological polar surface area (TPSA) is 87.7 Å². The fourth-order valence-corrected chi connectivity index (χ4v) is 1.56. The third-order valence-corrected chi connectivity index (χ3v) is 2.53. The van der Waals surface area contributed by atoms with E-state index < -0.39 is 30.4 Å². The Kier molecular flexibility index (Phi) is 5.36. The maximum atomic E-state index is 12.1. The molecule has 0 heterocycles. The van der Waals surface area contributed by atoms with Gasteiger partial charge in [-0.15, -0.1) is 0 Å². The average Bonchev–Trinajstić information content (AvgIpc) is 2.41. The molecule has 20 heavy (non-hydrogen) atoms. The highest BCUT2D eigenvalue weighted by atomic mass is 19.4. The van der Waals surface area contributed by atoms with Crippen LogP contribution in [-0.4, -0.2) is 29.7 Å². The highest BCUT2D eigenvalue weighted by Gasteiger charge is 2.31. The second kappa shape index (κ2) is 6.78. The molecule has 0 aromatic heterocycles. The fourth-order valence-electron chi connectivity index (χ4n) is 1.56. The molecule has 0 bridgehead atoms. The lowest BCUT2D eigenvalue weighted by molar-refractivity contribution is -0.139. The average molecular weight is 289 g/mol. The zero-order valence-corrected chi connectivity index (χ0v) is 10.4. The summed E-state index contributed by atoms with van der Waals surface area (Å²) in [4.78, 5) is 11.7. The quantitative estimate of drug-likeness (QED) is 0.330. The SMILES string of the molecule is NC(=NO)C(Cc1ccccc1)C(=O)NCC(F)(F)F. The minimum absolute atomic E-state index is 0.0421. The number of nitrogens with two attached hydrogens (primary N) is 1. The van der Waals surface area contributed by atoms with Crippen LogP contribution in [0, 0.1) is 5.92 Å². The second-order valence-corrected chi connectivity index (χ2v) is 4.10. The standard InChI is InChI=1S/C12H14F3N3O2/c13-12(14,15)7-17-11(19)9(10(16)18-20)6-8-4-2-1-3-5-8/h1-5,9,20H,6-7H2,(H2,16,18)(H,17,19). The van der Waals surface area contributed by atoms with Crippen molar-refractivity contribution in [2.75, 3.05) is 6.54 Å². The fraction of sp³-hybridized carbons (Fsp3) is 0.333. The summed E-state index contributed by atoms with van der Waals surface area (Å²) < 4.78 is 36.2. The van der Waals surface area contributed by atoms with Gasteiger partial charge in [-0.25, -0.2) is 0 Å². The first-order valence-electron chi connectivity index (χ1n) is 5.69. The minimum Gasteiger partial charge on any atom is -0.409 e. The molecule has 0 fully saturated rings. The number of oxime groups is 1. The molecule has 1 atom stereocenters. The molecule has 1 amide bonds. The van der Waals surface area contributed by atoms with Gasteiger partial charge in [0, 0.05) is 0 Å². The number of hydrogen-bond donors (Lipinski definition) is 3.